The summed E-state index contributed by atoms with van der Waals surface area (Å²) in [5.74, 6) is 1.56. The highest BCUT2D eigenvalue weighted by Gasteiger charge is 2.49. The fourth-order valence-corrected chi connectivity index (χ4v) is 3.34. The molecule has 1 saturated carbocycles. The zero-order chi connectivity index (χ0) is 18.1. The van der Waals surface area contributed by atoms with Gasteiger partial charge in [-0.2, -0.15) is 10.2 Å². The van der Waals surface area contributed by atoms with Gasteiger partial charge >= 0.3 is 0 Å². The van der Waals surface area contributed by atoms with Crippen LogP contribution in [0.1, 0.15) is 61.4 Å². The van der Waals surface area contributed by atoms with Gasteiger partial charge in [0.2, 0.25) is 0 Å². The summed E-state index contributed by atoms with van der Waals surface area (Å²) < 4.78 is 1.95. The van der Waals surface area contributed by atoms with Gasteiger partial charge in [0.1, 0.15) is 11.4 Å². The molecule has 1 aliphatic carbocycles. The number of nitrogens with one attached hydrogen (secondary N) is 1. The van der Waals surface area contributed by atoms with Crippen LogP contribution in [0.15, 0.2) is 36.4 Å². The zero-order valence-corrected chi connectivity index (χ0v) is 15.2. The second kappa shape index (κ2) is 6.52. The van der Waals surface area contributed by atoms with E-state index in [9.17, 15) is 4.79 Å². The Morgan fingerprint density at radius 2 is 2.04 bits per heavy atom. The monoisotopic (exact) mass is 349 g/mol. The van der Waals surface area contributed by atoms with E-state index in [0.717, 1.165) is 43.9 Å². The molecule has 3 aromatic rings. The Labute approximate surface area is 152 Å². The molecule has 1 fully saturated rings. The molecular weight excluding hydrogens is 326 g/mol. The summed E-state index contributed by atoms with van der Waals surface area (Å²) in [5, 5.41) is 12.0. The van der Waals surface area contributed by atoms with Gasteiger partial charge in [-0.1, -0.05) is 43.7 Å². The van der Waals surface area contributed by atoms with E-state index in [0.29, 0.717) is 11.4 Å². The number of carbonyl (C=O) groups is 1. The summed E-state index contributed by atoms with van der Waals surface area (Å²) in [5.41, 5.74) is 2.36. The number of H-pyrrole nitrogens is 1. The van der Waals surface area contributed by atoms with Crippen LogP contribution in [0, 0.1) is 0 Å². The Morgan fingerprint density at radius 1 is 1.27 bits per heavy atom. The van der Waals surface area contributed by atoms with Crippen LogP contribution < -0.4 is 0 Å². The minimum atomic E-state index is -0.0762. The number of Topliss-reactive ketones (excluding diaryl/α,β-unsaturated/α-hetero) is 1. The van der Waals surface area contributed by atoms with Gasteiger partial charge in [-0.25, -0.2) is 9.67 Å². The summed E-state index contributed by atoms with van der Waals surface area (Å²) in [6.45, 7) is 4.48. The van der Waals surface area contributed by atoms with Gasteiger partial charge in [-0.15, -0.1) is 0 Å². The molecule has 6 nitrogen and oxygen atoms in total. The smallest absolute Gasteiger partial charge is 0.179 e. The number of benzene rings is 1. The molecule has 2 heterocycles. The van der Waals surface area contributed by atoms with Crippen LogP contribution in [-0.2, 0) is 12.0 Å². The van der Waals surface area contributed by atoms with Crippen molar-refractivity contribution in [1.29, 1.82) is 0 Å². The van der Waals surface area contributed by atoms with E-state index >= 15 is 0 Å². The Kier molecular flexibility index (Phi) is 4.18. The Morgan fingerprint density at radius 3 is 2.65 bits per heavy atom. The Balaban J connectivity index is 1.75. The Bertz CT molecular complexity index is 921. The van der Waals surface area contributed by atoms with Gasteiger partial charge in [0.05, 0.1) is 5.41 Å². The fourth-order valence-electron chi connectivity index (χ4n) is 3.34. The van der Waals surface area contributed by atoms with Crippen LogP contribution in [0.3, 0.4) is 0 Å². The van der Waals surface area contributed by atoms with E-state index in [4.69, 9.17) is 10.1 Å². The van der Waals surface area contributed by atoms with Crippen LogP contribution in [0.25, 0.3) is 11.5 Å². The average Bonchev–Trinajstić information content (AvgIpc) is 3.13. The first-order valence-corrected chi connectivity index (χ1v) is 9.21. The second-order valence-electron chi connectivity index (χ2n) is 7.01. The summed E-state index contributed by atoms with van der Waals surface area (Å²) in [6.07, 6.45) is 4.23. The Hall–Kier alpha value is -2.76. The lowest BCUT2D eigenvalue weighted by atomic mass is 9.95. The number of hydrogen-bond donors (Lipinski definition) is 1. The lowest BCUT2D eigenvalue weighted by Gasteiger charge is -2.11. The number of rotatable bonds is 7. The minimum Gasteiger partial charge on any atom is -0.293 e. The second-order valence-corrected chi connectivity index (χ2v) is 7.01. The number of aryl methyl sites for hydroxylation is 1. The molecule has 1 aliphatic rings. The predicted octanol–water partition coefficient (Wildman–Crippen LogP) is 3.75. The summed E-state index contributed by atoms with van der Waals surface area (Å²) >= 11 is 0. The van der Waals surface area contributed by atoms with E-state index in [2.05, 4.69) is 41.4 Å². The average molecular weight is 349 g/mol. The van der Waals surface area contributed by atoms with Crippen LogP contribution in [0.4, 0.5) is 0 Å². The van der Waals surface area contributed by atoms with Crippen LogP contribution in [0.5, 0.6) is 0 Å². The number of ketones is 1. The van der Waals surface area contributed by atoms with Crippen molar-refractivity contribution in [2.45, 2.75) is 51.5 Å². The largest absolute Gasteiger partial charge is 0.293 e. The molecular formula is C20H23N5O. The highest BCUT2D eigenvalue weighted by Crippen LogP contribution is 2.52. The lowest BCUT2D eigenvalue weighted by Crippen LogP contribution is -2.11. The van der Waals surface area contributed by atoms with E-state index in [1.54, 1.807) is 6.07 Å². The number of aromatic nitrogens is 5. The predicted molar refractivity (Wildman–Crippen MR) is 99.0 cm³/mol. The summed E-state index contributed by atoms with van der Waals surface area (Å²) in [4.78, 5) is 16.5. The van der Waals surface area contributed by atoms with Gasteiger partial charge in [0.25, 0.3) is 0 Å². The maximum atomic E-state index is 11.6. The third-order valence-electron chi connectivity index (χ3n) is 5.09. The van der Waals surface area contributed by atoms with Crippen molar-refractivity contribution in [1.82, 2.24) is 25.0 Å². The molecule has 1 N–H and O–H groups in total. The SMILES string of the molecule is CCCCn1nc(C2(c3ccccc3)CC2)nc1-c1cc(C(C)=O)[nH]n1. The van der Waals surface area contributed by atoms with Crippen molar-refractivity contribution < 1.29 is 4.79 Å². The standard InChI is InChI=1S/C20H23N5O/c1-3-4-12-25-18(17-13-16(14(2)26)22-23-17)21-19(24-25)20(10-11-20)15-8-6-5-7-9-15/h5-9,13H,3-4,10-12H2,1-2H3,(H,22,23). The molecule has 0 aliphatic heterocycles. The van der Waals surface area contributed by atoms with Crippen molar-refractivity contribution in [3.05, 3.63) is 53.5 Å². The molecule has 134 valence electrons. The highest BCUT2D eigenvalue weighted by molar-refractivity contribution is 5.92. The molecule has 0 amide bonds. The molecule has 26 heavy (non-hydrogen) atoms. The van der Waals surface area contributed by atoms with E-state index in [1.807, 2.05) is 10.7 Å². The van der Waals surface area contributed by atoms with Crippen molar-refractivity contribution >= 4 is 5.78 Å². The van der Waals surface area contributed by atoms with Gasteiger partial charge < -0.3 is 0 Å². The van der Waals surface area contributed by atoms with E-state index in [-0.39, 0.29) is 11.2 Å². The van der Waals surface area contributed by atoms with Gasteiger partial charge in [-0.05, 0) is 30.9 Å². The number of aromatic amines is 1. The number of nitrogens with zero attached hydrogens (tertiary/aromatic N) is 4. The van der Waals surface area contributed by atoms with E-state index in [1.165, 1.54) is 12.5 Å². The summed E-state index contributed by atoms with van der Waals surface area (Å²) in [6, 6.07) is 12.2. The first-order valence-electron chi connectivity index (χ1n) is 9.21. The molecule has 0 atom stereocenters. The van der Waals surface area contributed by atoms with Gasteiger partial charge in [0.15, 0.2) is 17.4 Å². The third kappa shape index (κ3) is 2.85. The van der Waals surface area contributed by atoms with Crippen LogP contribution >= 0.6 is 0 Å². The lowest BCUT2D eigenvalue weighted by molar-refractivity contribution is 0.101. The van der Waals surface area contributed by atoms with Crippen molar-refractivity contribution in [3.63, 3.8) is 0 Å². The number of carbonyl (C=O) groups excluding carboxylic acids is 1. The maximum Gasteiger partial charge on any atom is 0.179 e. The molecule has 0 saturated heterocycles. The number of hydrogen-bond acceptors (Lipinski definition) is 4. The molecule has 0 spiro atoms. The molecule has 2 aromatic heterocycles. The zero-order valence-electron chi connectivity index (χ0n) is 15.2. The first-order chi connectivity index (χ1) is 12.6. The highest BCUT2D eigenvalue weighted by atomic mass is 16.1. The molecule has 6 heteroatoms. The molecule has 4 rings (SSSR count). The van der Waals surface area contributed by atoms with E-state index < -0.39 is 0 Å². The van der Waals surface area contributed by atoms with Gasteiger partial charge in [0, 0.05) is 13.5 Å². The van der Waals surface area contributed by atoms with Crippen molar-refractivity contribution in [3.8, 4) is 11.5 Å². The van der Waals surface area contributed by atoms with Crippen LogP contribution in [-0.4, -0.2) is 30.7 Å². The third-order valence-corrected chi connectivity index (χ3v) is 5.09. The molecule has 0 radical (unpaired) electrons. The maximum absolute atomic E-state index is 11.6. The fraction of sp³-hybridized carbons (Fsp3) is 0.400. The topological polar surface area (TPSA) is 76.5 Å². The quantitative estimate of drug-likeness (QED) is 0.659. The molecule has 0 bridgehead atoms. The summed E-state index contributed by atoms with van der Waals surface area (Å²) in [7, 11) is 0. The first kappa shape index (κ1) is 16.7. The van der Waals surface area contributed by atoms with Gasteiger partial charge in [-0.3, -0.25) is 9.89 Å². The number of unbranched alkanes of at least 4 members (excludes halogenated alkanes) is 1. The minimum absolute atomic E-state index is 0.0356. The molecule has 1 aromatic carbocycles. The van der Waals surface area contributed by atoms with Crippen molar-refractivity contribution in [2.24, 2.45) is 0 Å². The van der Waals surface area contributed by atoms with Crippen LogP contribution in [0.2, 0.25) is 0 Å². The molecule has 0 unspecified atom stereocenters. The van der Waals surface area contributed by atoms with Crippen molar-refractivity contribution in [2.75, 3.05) is 0 Å². The normalized spacial score (nSPS) is 15.2.